The normalized spacial score (nSPS) is 16.1. The Hall–Kier alpha value is -3.54. The molecule has 4 rings (SSSR count). The number of benzene rings is 1. The second-order valence-electron chi connectivity index (χ2n) is 9.48. The lowest BCUT2D eigenvalue weighted by Crippen LogP contribution is -2.41. The summed E-state index contributed by atoms with van der Waals surface area (Å²) in [5.41, 5.74) is 0.272. The summed E-state index contributed by atoms with van der Waals surface area (Å²) >= 11 is 0.684. The number of aromatic carboxylic acids is 1. The molecule has 2 aromatic heterocycles. The minimum absolute atomic E-state index is 0.0288. The molecule has 2 N–H and O–H groups in total. The van der Waals surface area contributed by atoms with E-state index in [-0.39, 0.29) is 33.9 Å². The Balaban J connectivity index is 1.67. The van der Waals surface area contributed by atoms with Gasteiger partial charge < -0.3 is 19.3 Å². The third-order valence-electron chi connectivity index (χ3n) is 5.68. The molecule has 0 aliphatic carbocycles. The summed E-state index contributed by atoms with van der Waals surface area (Å²) in [6.45, 7) is 6.15. The second-order valence-corrected chi connectivity index (χ2v) is 10.6. The molecule has 36 heavy (non-hydrogen) atoms. The maximum Gasteiger partial charge on any atom is 0.410 e. The number of nitrogens with one attached hydrogen (secondary N) is 1. The maximum absolute atomic E-state index is 13.0. The van der Waals surface area contributed by atoms with Crippen molar-refractivity contribution in [2.45, 2.75) is 58.2 Å². The summed E-state index contributed by atoms with van der Waals surface area (Å²) < 4.78 is 33.2. The number of carbonyl (C=O) groups is 3. The van der Waals surface area contributed by atoms with Gasteiger partial charge in [0.1, 0.15) is 5.60 Å². The van der Waals surface area contributed by atoms with Gasteiger partial charge in [-0.15, -0.1) is 11.3 Å². The van der Waals surface area contributed by atoms with E-state index < -0.39 is 30.0 Å². The number of carboxylic acids is 1. The van der Waals surface area contributed by atoms with Crippen LogP contribution < -0.4 is 5.32 Å². The van der Waals surface area contributed by atoms with E-state index in [1.165, 1.54) is 24.3 Å². The van der Waals surface area contributed by atoms with Crippen molar-refractivity contribution in [1.29, 1.82) is 0 Å². The summed E-state index contributed by atoms with van der Waals surface area (Å²) in [5.74, 6) is -1.61. The Labute approximate surface area is 209 Å². The third-order valence-corrected chi connectivity index (χ3v) is 6.78. The van der Waals surface area contributed by atoms with Crippen molar-refractivity contribution in [3.05, 3.63) is 45.6 Å². The maximum atomic E-state index is 13.0. The number of halogens is 2. The molecule has 0 radical (unpaired) electrons. The molecule has 1 atom stereocenters. The van der Waals surface area contributed by atoms with Gasteiger partial charge in [0.2, 0.25) is 5.95 Å². The molecule has 1 aromatic carbocycles. The molecule has 3 aromatic rings. The first-order valence-electron chi connectivity index (χ1n) is 11.4. The molecule has 0 bridgehead atoms. The average Bonchev–Trinajstić information content (AvgIpc) is 3.51. The van der Waals surface area contributed by atoms with Crippen LogP contribution in [0.3, 0.4) is 0 Å². The van der Waals surface area contributed by atoms with Crippen molar-refractivity contribution in [3.8, 4) is 0 Å². The zero-order valence-electron chi connectivity index (χ0n) is 20.0. The average molecular weight is 521 g/mol. The smallest absolute Gasteiger partial charge is 0.410 e. The Kier molecular flexibility index (Phi) is 6.98. The van der Waals surface area contributed by atoms with Crippen molar-refractivity contribution in [1.82, 2.24) is 14.5 Å². The van der Waals surface area contributed by atoms with Crippen LogP contribution in [-0.4, -0.2) is 55.7 Å². The predicted octanol–water partition coefficient (Wildman–Crippen LogP) is 5.39. The van der Waals surface area contributed by atoms with Gasteiger partial charge in [-0.05, 0) is 63.9 Å². The lowest BCUT2D eigenvalue weighted by molar-refractivity contribution is 0.0214. The van der Waals surface area contributed by atoms with Crippen molar-refractivity contribution in [2.24, 2.45) is 0 Å². The number of thiophene rings is 1. The number of alkyl halides is 2. The van der Waals surface area contributed by atoms with Crippen LogP contribution >= 0.6 is 11.3 Å². The van der Waals surface area contributed by atoms with E-state index in [4.69, 9.17) is 4.74 Å². The fourth-order valence-corrected chi connectivity index (χ4v) is 4.85. The summed E-state index contributed by atoms with van der Waals surface area (Å²) in [4.78, 5) is 43.0. The number of imidazole rings is 1. The van der Waals surface area contributed by atoms with Crippen LogP contribution in [0.5, 0.6) is 0 Å². The minimum atomic E-state index is -2.68. The summed E-state index contributed by atoms with van der Waals surface area (Å²) in [7, 11) is 0. The standard InChI is InChI=1S/C24H26F2N4O5S/c1-24(2,3)35-23(34)29-10-4-5-14(29)12-30-16-7-6-13(21(32)33)11-15(16)27-22(30)28-20(31)18-9-8-17(36-18)19(25)26/h6-9,11,14,19H,4-5,10,12H2,1-3H3,(H,32,33)(H,27,28,31). The number of rotatable bonds is 6. The van der Waals surface area contributed by atoms with Crippen molar-refractivity contribution in [3.63, 3.8) is 0 Å². The van der Waals surface area contributed by atoms with Gasteiger partial charge in [0.05, 0.1) is 32.4 Å². The molecule has 1 saturated heterocycles. The lowest BCUT2D eigenvalue weighted by Gasteiger charge is -2.29. The van der Waals surface area contributed by atoms with Gasteiger partial charge in [0, 0.05) is 13.1 Å². The van der Waals surface area contributed by atoms with Crippen LogP contribution in [0.4, 0.5) is 19.5 Å². The van der Waals surface area contributed by atoms with Crippen LogP contribution in [0.15, 0.2) is 30.3 Å². The highest BCUT2D eigenvalue weighted by Gasteiger charge is 2.33. The number of hydrogen-bond donors (Lipinski definition) is 2. The van der Waals surface area contributed by atoms with E-state index in [9.17, 15) is 28.3 Å². The summed E-state index contributed by atoms with van der Waals surface area (Å²) in [6.07, 6.45) is -1.65. The van der Waals surface area contributed by atoms with E-state index >= 15 is 0 Å². The van der Waals surface area contributed by atoms with Crippen molar-refractivity contribution >= 4 is 46.3 Å². The molecule has 9 nitrogen and oxygen atoms in total. The van der Waals surface area contributed by atoms with Gasteiger partial charge in [0.25, 0.3) is 12.3 Å². The number of nitrogens with zero attached hydrogens (tertiary/aromatic N) is 3. The molecule has 1 aliphatic rings. The van der Waals surface area contributed by atoms with Gasteiger partial charge in [-0.25, -0.2) is 23.4 Å². The van der Waals surface area contributed by atoms with Gasteiger partial charge in [-0.3, -0.25) is 10.1 Å². The Morgan fingerprint density at radius 1 is 1.25 bits per heavy atom. The first kappa shape index (κ1) is 25.5. The minimum Gasteiger partial charge on any atom is -0.478 e. The first-order valence-corrected chi connectivity index (χ1v) is 12.2. The first-order chi connectivity index (χ1) is 16.9. The number of fused-ring (bicyclic) bond motifs is 1. The van der Waals surface area contributed by atoms with Crippen molar-refractivity contribution in [2.75, 3.05) is 11.9 Å². The molecule has 0 saturated carbocycles. The SMILES string of the molecule is CC(C)(C)OC(=O)N1CCCC1Cn1c(NC(=O)c2ccc(C(F)F)s2)nc2cc(C(=O)O)ccc21. The molecule has 192 valence electrons. The van der Waals surface area contributed by atoms with Crippen LogP contribution in [0.1, 0.15) is 64.9 Å². The molecule has 1 fully saturated rings. The number of carboxylic acid groups (broad SMARTS) is 1. The third kappa shape index (κ3) is 5.48. The fourth-order valence-electron chi connectivity index (χ4n) is 4.10. The Bertz CT molecular complexity index is 1310. The highest BCUT2D eigenvalue weighted by atomic mass is 32.1. The van der Waals surface area contributed by atoms with Crippen LogP contribution in [0.25, 0.3) is 11.0 Å². The highest BCUT2D eigenvalue weighted by molar-refractivity contribution is 7.14. The number of carbonyl (C=O) groups excluding carboxylic acids is 2. The predicted molar refractivity (Wildman–Crippen MR) is 130 cm³/mol. The van der Waals surface area contributed by atoms with Crippen LogP contribution in [0, 0.1) is 0 Å². The van der Waals surface area contributed by atoms with E-state index in [2.05, 4.69) is 10.3 Å². The fraction of sp³-hybridized carbons (Fsp3) is 0.417. The van der Waals surface area contributed by atoms with Crippen molar-refractivity contribution < 1.29 is 33.0 Å². The van der Waals surface area contributed by atoms with Crippen LogP contribution in [0.2, 0.25) is 0 Å². The number of ether oxygens (including phenoxy) is 1. The quantitative estimate of drug-likeness (QED) is 0.451. The molecular formula is C24H26F2N4O5S. The number of amides is 2. The van der Waals surface area contributed by atoms with Crippen LogP contribution in [-0.2, 0) is 11.3 Å². The number of hydrogen-bond acceptors (Lipinski definition) is 6. The molecule has 2 amide bonds. The molecule has 3 heterocycles. The van der Waals surface area contributed by atoms with Gasteiger partial charge in [0.15, 0.2) is 0 Å². The highest BCUT2D eigenvalue weighted by Crippen LogP contribution is 2.30. The monoisotopic (exact) mass is 520 g/mol. The second kappa shape index (κ2) is 9.84. The molecule has 12 heteroatoms. The topological polar surface area (TPSA) is 114 Å². The summed E-state index contributed by atoms with van der Waals surface area (Å²) in [6, 6.07) is 6.68. The van der Waals surface area contributed by atoms with Gasteiger partial charge >= 0.3 is 12.1 Å². The zero-order chi connectivity index (χ0) is 26.2. The van der Waals surface area contributed by atoms with E-state index in [0.717, 1.165) is 6.42 Å². The lowest BCUT2D eigenvalue weighted by atomic mass is 10.2. The number of likely N-dealkylation sites (tertiary alicyclic amines) is 1. The molecule has 1 aliphatic heterocycles. The zero-order valence-corrected chi connectivity index (χ0v) is 20.8. The van der Waals surface area contributed by atoms with E-state index in [1.807, 2.05) is 0 Å². The van der Waals surface area contributed by atoms with E-state index in [1.54, 1.807) is 36.3 Å². The Morgan fingerprint density at radius 2 is 2.00 bits per heavy atom. The number of aromatic nitrogens is 2. The van der Waals surface area contributed by atoms with E-state index in [0.29, 0.717) is 35.3 Å². The molecular weight excluding hydrogens is 494 g/mol. The largest absolute Gasteiger partial charge is 0.478 e. The van der Waals surface area contributed by atoms with Gasteiger partial charge in [-0.1, -0.05) is 0 Å². The number of anilines is 1. The van der Waals surface area contributed by atoms with Gasteiger partial charge in [-0.2, -0.15) is 0 Å². The molecule has 0 spiro atoms. The summed E-state index contributed by atoms with van der Waals surface area (Å²) in [5, 5.41) is 12.0. The Morgan fingerprint density at radius 3 is 2.64 bits per heavy atom. The molecule has 1 unspecified atom stereocenters.